The molecule has 0 bridgehead atoms. The Labute approximate surface area is 198 Å². The lowest BCUT2D eigenvalue weighted by Crippen LogP contribution is -2.07. The van der Waals surface area contributed by atoms with Gasteiger partial charge >= 0.3 is 0 Å². The van der Waals surface area contributed by atoms with Crippen molar-refractivity contribution in [1.82, 2.24) is 15.0 Å². The van der Waals surface area contributed by atoms with Gasteiger partial charge in [0.25, 0.3) is 0 Å². The van der Waals surface area contributed by atoms with E-state index in [1.54, 1.807) is 6.21 Å². The molecule has 0 saturated heterocycles. The van der Waals surface area contributed by atoms with E-state index in [0.717, 1.165) is 21.4 Å². The monoisotopic (exact) mass is 503 g/mol. The number of anilines is 5. The summed E-state index contributed by atoms with van der Waals surface area (Å²) in [5.74, 6) is 2.38. The van der Waals surface area contributed by atoms with E-state index in [1.165, 1.54) is 0 Å². The topological polar surface area (TPSA) is 106 Å². The summed E-state index contributed by atoms with van der Waals surface area (Å²) >= 11 is 3.52. The average molecular weight is 504 g/mol. The molecular weight excluding hydrogens is 486 g/mol. The minimum Gasteiger partial charge on any atom is -0.454 e. The number of hydrazone groups is 1. The second-order valence-corrected chi connectivity index (χ2v) is 7.74. The van der Waals surface area contributed by atoms with Crippen molar-refractivity contribution in [3.8, 4) is 11.5 Å². The summed E-state index contributed by atoms with van der Waals surface area (Å²) in [6.45, 7) is 0.208. The fourth-order valence-corrected chi connectivity index (χ4v) is 3.46. The summed E-state index contributed by atoms with van der Waals surface area (Å²) in [6, 6.07) is 23.0. The van der Waals surface area contributed by atoms with Gasteiger partial charge < -0.3 is 20.1 Å². The minimum atomic E-state index is 0.208. The first kappa shape index (κ1) is 20.7. The highest BCUT2D eigenvalue weighted by atomic mass is 79.9. The summed E-state index contributed by atoms with van der Waals surface area (Å²) in [5, 5.41) is 10.7. The molecular formula is C23H18BrN7O2. The third-order valence-corrected chi connectivity index (χ3v) is 5.24. The molecule has 3 N–H and O–H groups in total. The zero-order valence-corrected chi connectivity index (χ0v) is 18.8. The Morgan fingerprint density at radius 2 is 1.30 bits per heavy atom. The fourth-order valence-electron chi connectivity index (χ4n) is 3.03. The smallest absolute Gasteiger partial charge is 0.250 e. The maximum atomic E-state index is 5.43. The molecule has 10 heteroatoms. The van der Waals surface area contributed by atoms with E-state index in [0.29, 0.717) is 23.4 Å². The summed E-state index contributed by atoms with van der Waals surface area (Å²) in [7, 11) is 0. The number of rotatable bonds is 7. The van der Waals surface area contributed by atoms with Gasteiger partial charge in [-0.3, -0.25) is 0 Å². The molecule has 1 aliphatic heterocycles. The highest BCUT2D eigenvalue weighted by Gasteiger charge is 2.15. The number of benzene rings is 3. The molecule has 0 aliphatic carbocycles. The zero-order valence-electron chi connectivity index (χ0n) is 17.2. The molecule has 4 aromatic rings. The quantitative estimate of drug-likeness (QED) is 0.230. The normalized spacial score (nSPS) is 12.0. The van der Waals surface area contributed by atoms with Crippen LogP contribution < -0.4 is 25.5 Å². The molecule has 0 amide bonds. The van der Waals surface area contributed by atoms with Crippen molar-refractivity contribution in [2.75, 3.05) is 22.9 Å². The van der Waals surface area contributed by atoms with E-state index in [-0.39, 0.29) is 12.7 Å². The Bertz CT molecular complexity index is 1230. The second kappa shape index (κ2) is 9.53. The van der Waals surface area contributed by atoms with Gasteiger partial charge in [0.1, 0.15) is 0 Å². The first-order valence-electron chi connectivity index (χ1n) is 10.0. The van der Waals surface area contributed by atoms with E-state index < -0.39 is 0 Å². The third kappa shape index (κ3) is 5.18. The summed E-state index contributed by atoms with van der Waals surface area (Å²) in [5.41, 5.74) is 5.40. The van der Waals surface area contributed by atoms with Crippen LogP contribution in [0.15, 0.2) is 82.4 Å². The van der Waals surface area contributed by atoms with Crippen molar-refractivity contribution in [3.05, 3.63) is 82.8 Å². The van der Waals surface area contributed by atoms with Crippen LogP contribution in [0, 0.1) is 0 Å². The molecule has 0 spiro atoms. The van der Waals surface area contributed by atoms with Crippen LogP contribution in [0.25, 0.3) is 0 Å². The molecule has 33 heavy (non-hydrogen) atoms. The second-order valence-electron chi connectivity index (χ2n) is 6.89. The highest BCUT2D eigenvalue weighted by Crippen LogP contribution is 2.36. The Hall–Kier alpha value is -4.18. The number of para-hydroxylation sites is 2. The van der Waals surface area contributed by atoms with Crippen molar-refractivity contribution in [2.24, 2.45) is 5.10 Å². The molecule has 0 saturated carbocycles. The number of halogens is 1. The SMILES string of the molecule is Brc1cc2c(cc1/C=N/Nc1nc(Nc3ccccc3)nc(Nc3ccccc3)n1)OCO2. The van der Waals surface area contributed by atoms with Crippen LogP contribution in [0.1, 0.15) is 5.56 Å². The van der Waals surface area contributed by atoms with Gasteiger partial charge in [-0.1, -0.05) is 36.4 Å². The minimum absolute atomic E-state index is 0.208. The standard InChI is InChI=1S/C23H18BrN7O2/c24-18-12-20-19(32-14-33-20)11-15(18)13-25-31-23-29-21(26-16-7-3-1-4-8-16)28-22(30-23)27-17-9-5-2-6-10-17/h1-13H,14H2,(H3,26,27,28,29,30,31)/b25-13+. The van der Waals surface area contributed by atoms with Crippen LogP contribution in [0.5, 0.6) is 11.5 Å². The highest BCUT2D eigenvalue weighted by molar-refractivity contribution is 9.10. The molecule has 0 unspecified atom stereocenters. The van der Waals surface area contributed by atoms with E-state index in [4.69, 9.17) is 9.47 Å². The molecule has 164 valence electrons. The number of ether oxygens (including phenoxy) is 2. The molecule has 1 aliphatic rings. The number of hydrogen-bond acceptors (Lipinski definition) is 9. The van der Waals surface area contributed by atoms with E-state index in [9.17, 15) is 0 Å². The van der Waals surface area contributed by atoms with Crippen LogP contribution in [-0.4, -0.2) is 28.0 Å². The predicted octanol–water partition coefficient (Wildman–Crippen LogP) is 5.30. The van der Waals surface area contributed by atoms with Gasteiger partial charge in [0, 0.05) is 21.4 Å². The van der Waals surface area contributed by atoms with Crippen LogP contribution in [-0.2, 0) is 0 Å². The van der Waals surface area contributed by atoms with Gasteiger partial charge in [-0.05, 0) is 52.3 Å². The number of nitrogens with one attached hydrogen (secondary N) is 3. The lowest BCUT2D eigenvalue weighted by atomic mass is 10.2. The van der Waals surface area contributed by atoms with Gasteiger partial charge in [-0.2, -0.15) is 20.1 Å². The first-order valence-corrected chi connectivity index (χ1v) is 10.8. The summed E-state index contributed by atoms with van der Waals surface area (Å²) in [6.07, 6.45) is 1.64. The van der Waals surface area contributed by atoms with E-state index in [1.807, 2.05) is 72.8 Å². The Balaban J connectivity index is 1.39. The van der Waals surface area contributed by atoms with Gasteiger partial charge in [0.2, 0.25) is 24.6 Å². The van der Waals surface area contributed by atoms with Crippen LogP contribution in [0.2, 0.25) is 0 Å². The van der Waals surface area contributed by atoms with Crippen LogP contribution >= 0.6 is 15.9 Å². The van der Waals surface area contributed by atoms with Crippen molar-refractivity contribution in [3.63, 3.8) is 0 Å². The molecule has 0 atom stereocenters. The molecule has 1 aromatic heterocycles. The molecule has 2 heterocycles. The average Bonchev–Trinajstić information content (AvgIpc) is 3.27. The van der Waals surface area contributed by atoms with E-state index in [2.05, 4.69) is 52.0 Å². The van der Waals surface area contributed by atoms with Gasteiger partial charge in [0.15, 0.2) is 11.5 Å². The van der Waals surface area contributed by atoms with Gasteiger partial charge in [-0.25, -0.2) is 5.43 Å². The molecule has 9 nitrogen and oxygen atoms in total. The lowest BCUT2D eigenvalue weighted by molar-refractivity contribution is 0.174. The van der Waals surface area contributed by atoms with Crippen molar-refractivity contribution >= 4 is 51.4 Å². The fraction of sp³-hybridized carbons (Fsp3) is 0.0435. The Morgan fingerprint density at radius 3 is 1.91 bits per heavy atom. The summed E-state index contributed by atoms with van der Waals surface area (Å²) in [4.78, 5) is 13.3. The van der Waals surface area contributed by atoms with Crippen LogP contribution in [0.3, 0.4) is 0 Å². The van der Waals surface area contributed by atoms with E-state index >= 15 is 0 Å². The molecule has 0 fully saturated rings. The Morgan fingerprint density at radius 1 is 0.758 bits per heavy atom. The predicted molar refractivity (Wildman–Crippen MR) is 131 cm³/mol. The van der Waals surface area contributed by atoms with Crippen LogP contribution in [0.4, 0.5) is 29.2 Å². The largest absolute Gasteiger partial charge is 0.454 e. The van der Waals surface area contributed by atoms with Gasteiger partial charge in [-0.15, -0.1) is 0 Å². The third-order valence-electron chi connectivity index (χ3n) is 4.56. The molecule has 0 radical (unpaired) electrons. The Kier molecular flexibility index (Phi) is 5.98. The summed E-state index contributed by atoms with van der Waals surface area (Å²) < 4.78 is 11.6. The maximum absolute atomic E-state index is 5.43. The zero-order chi connectivity index (χ0) is 22.5. The number of fused-ring (bicyclic) bond motifs is 1. The number of aromatic nitrogens is 3. The van der Waals surface area contributed by atoms with Crippen molar-refractivity contribution in [1.29, 1.82) is 0 Å². The van der Waals surface area contributed by atoms with Crippen molar-refractivity contribution in [2.45, 2.75) is 0 Å². The number of hydrogen-bond donors (Lipinski definition) is 3. The lowest BCUT2D eigenvalue weighted by Gasteiger charge is -2.10. The first-order chi connectivity index (χ1) is 16.2. The molecule has 3 aromatic carbocycles. The molecule has 5 rings (SSSR count). The maximum Gasteiger partial charge on any atom is 0.250 e. The number of nitrogens with zero attached hydrogens (tertiary/aromatic N) is 4. The van der Waals surface area contributed by atoms with Gasteiger partial charge in [0.05, 0.1) is 6.21 Å². The van der Waals surface area contributed by atoms with Crippen molar-refractivity contribution < 1.29 is 9.47 Å².